The van der Waals surface area contributed by atoms with Crippen molar-refractivity contribution in [3.8, 4) is 16.9 Å². The average molecular weight is 726 g/mol. The minimum Gasteiger partial charge on any atom is -0.374 e. The van der Waals surface area contributed by atoms with E-state index in [1.807, 2.05) is 24.5 Å². The van der Waals surface area contributed by atoms with Gasteiger partial charge in [0, 0.05) is 53.4 Å². The summed E-state index contributed by atoms with van der Waals surface area (Å²) in [6.45, 7) is 6.33. The van der Waals surface area contributed by atoms with Gasteiger partial charge in [-0.1, -0.05) is 12.1 Å². The summed E-state index contributed by atoms with van der Waals surface area (Å²) in [4.78, 5) is 24.1. The third-order valence-corrected chi connectivity index (χ3v) is 10.4. The van der Waals surface area contributed by atoms with Gasteiger partial charge in [0.15, 0.2) is 0 Å². The van der Waals surface area contributed by atoms with E-state index in [2.05, 4.69) is 26.8 Å². The van der Waals surface area contributed by atoms with Crippen LogP contribution < -0.4 is 16.7 Å². The second-order valence-electron chi connectivity index (χ2n) is 13.2. The zero-order chi connectivity index (χ0) is 36.7. The number of hydrogen-bond acceptors (Lipinski definition) is 6. The predicted molar refractivity (Wildman–Crippen MR) is 199 cm³/mol. The van der Waals surface area contributed by atoms with Crippen LogP contribution in [0.2, 0.25) is 0 Å². The van der Waals surface area contributed by atoms with E-state index in [0.29, 0.717) is 72.5 Å². The third-order valence-electron chi connectivity index (χ3n) is 9.60. The summed E-state index contributed by atoms with van der Waals surface area (Å²) in [5, 5.41) is 11.4. The van der Waals surface area contributed by atoms with Crippen molar-refractivity contribution < 1.29 is 17.6 Å². The molecule has 1 fully saturated rings. The Morgan fingerprint density at radius 2 is 2.02 bits per heavy atom. The summed E-state index contributed by atoms with van der Waals surface area (Å²) in [6, 6.07) is 11.8. The summed E-state index contributed by atoms with van der Waals surface area (Å²) in [5.74, 6) is 0.429. The summed E-state index contributed by atoms with van der Waals surface area (Å²) < 4.78 is 56.6. The summed E-state index contributed by atoms with van der Waals surface area (Å²) in [7, 11) is 0. The van der Waals surface area contributed by atoms with Gasteiger partial charge in [-0.15, -0.1) is 18.3 Å². The highest BCUT2D eigenvalue weighted by Gasteiger charge is 2.33. The van der Waals surface area contributed by atoms with Crippen LogP contribution in [-0.2, 0) is 12.6 Å². The number of benzene rings is 2. The minimum atomic E-state index is -4.53. The fraction of sp³-hybridized carbons (Fsp3) is 0.447. The van der Waals surface area contributed by atoms with Gasteiger partial charge < -0.3 is 16.0 Å². The van der Waals surface area contributed by atoms with Crippen LogP contribution in [0.5, 0.6) is 0 Å². The Morgan fingerprint density at radius 3 is 2.73 bits per heavy atom. The zero-order valence-electron chi connectivity index (χ0n) is 29.2. The molecule has 0 saturated carbocycles. The number of amidine groups is 1. The molecule has 5 N–H and O–H groups in total. The Kier molecular flexibility index (Phi) is 12.8. The van der Waals surface area contributed by atoms with E-state index in [0.717, 1.165) is 42.2 Å². The molecule has 5 rings (SSSR count). The number of piperidine rings is 1. The lowest BCUT2D eigenvalue weighted by Crippen LogP contribution is -2.44. The van der Waals surface area contributed by atoms with Crippen LogP contribution in [0.25, 0.3) is 28.0 Å². The minimum absolute atomic E-state index is 0.0912. The molecule has 13 heteroatoms. The van der Waals surface area contributed by atoms with Crippen molar-refractivity contribution in [2.75, 3.05) is 26.0 Å². The first-order chi connectivity index (χ1) is 24.4. The summed E-state index contributed by atoms with van der Waals surface area (Å²) in [6.07, 6.45) is 6.69. The number of aromatic nitrogens is 3. The number of rotatable bonds is 15. The molecule has 3 atom stereocenters. The Balaban J connectivity index is 1.45. The SMILES string of the molecule is C=C[C@H](N)CCCc1cc(-c2cc3cn(-c4ccc([C@@H]5CCC[C@@H](CCNC(C)=N)N5CCCF)c(SC)c4)c(=O)nc3[nH]2)cc(C(F)(F)F)c1. The number of halogens is 4. The van der Waals surface area contributed by atoms with Crippen molar-refractivity contribution in [3.05, 3.63) is 88.5 Å². The van der Waals surface area contributed by atoms with Gasteiger partial charge in [-0.3, -0.25) is 19.3 Å². The topological polar surface area (TPSA) is 116 Å². The Morgan fingerprint density at radius 1 is 1.22 bits per heavy atom. The molecule has 0 bridgehead atoms. The largest absolute Gasteiger partial charge is 0.416 e. The van der Waals surface area contributed by atoms with Crippen LogP contribution in [0.1, 0.15) is 74.6 Å². The normalized spacial score (nSPS) is 17.5. The molecule has 1 aliphatic heterocycles. The fourth-order valence-corrected chi connectivity index (χ4v) is 7.74. The van der Waals surface area contributed by atoms with Gasteiger partial charge in [0.1, 0.15) is 5.65 Å². The molecule has 0 amide bonds. The molecule has 0 aliphatic carbocycles. The van der Waals surface area contributed by atoms with Crippen LogP contribution in [0.3, 0.4) is 0 Å². The van der Waals surface area contributed by atoms with Crippen LogP contribution in [0, 0.1) is 5.41 Å². The van der Waals surface area contributed by atoms with E-state index in [4.69, 9.17) is 11.1 Å². The number of nitrogens with two attached hydrogens (primary N) is 1. The smallest absolute Gasteiger partial charge is 0.374 e. The van der Waals surface area contributed by atoms with Crippen LogP contribution in [0.4, 0.5) is 17.6 Å². The summed E-state index contributed by atoms with van der Waals surface area (Å²) >= 11 is 1.58. The number of aryl methyl sites for hydroxylation is 1. The van der Waals surface area contributed by atoms with Gasteiger partial charge in [0.05, 0.1) is 23.8 Å². The number of likely N-dealkylation sites (tertiary alicyclic amines) is 1. The molecular weight excluding hydrogens is 679 g/mol. The number of fused-ring (bicyclic) bond motifs is 1. The highest BCUT2D eigenvalue weighted by molar-refractivity contribution is 7.98. The maximum Gasteiger partial charge on any atom is 0.416 e. The van der Waals surface area contributed by atoms with E-state index in [1.165, 1.54) is 10.6 Å². The number of nitrogens with one attached hydrogen (secondary N) is 3. The van der Waals surface area contributed by atoms with Crippen molar-refractivity contribution in [3.63, 3.8) is 0 Å². The molecule has 0 radical (unpaired) electrons. The van der Waals surface area contributed by atoms with Gasteiger partial charge in [0.2, 0.25) is 0 Å². The Bertz CT molecular complexity index is 1890. The third kappa shape index (κ3) is 9.49. The van der Waals surface area contributed by atoms with Crippen LogP contribution in [0.15, 0.2) is 71.0 Å². The van der Waals surface area contributed by atoms with Crippen LogP contribution >= 0.6 is 11.8 Å². The number of aromatic amines is 1. The van der Waals surface area contributed by atoms with E-state index in [-0.39, 0.29) is 30.4 Å². The Hall–Kier alpha value is -3.94. The summed E-state index contributed by atoms with van der Waals surface area (Å²) in [5.41, 5.74) is 8.01. The van der Waals surface area contributed by atoms with E-state index in [9.17, 15) is 22.4 Å². The van der Waals surface area contributed by atoms with Crippen molar-refractivity contribution in [2.45, 2.75) is 87.5 Å². The molecule has 274 valence electrons. The highest BCUT2D eigenvalue weighted by Crippen LogP contribution is 2.40. The predicted octanol–water partition coefficient (Wildman–Crippen LogP) is 8.19. The number of alkyl halides is 4. The molecule has 2 aromatic carbocycles. The van der Waals surface area contributed by atoms with Gasteiger partial charge >= 0.3 is 11.9 Å². The van der Waals surface area contributed by atoms with Gasteiger partial charge in [-0.25, -0.2) is 4.79 Å². The fourth-order valence-electron chi connectivity index (χ4n) is 7.06. The molecule has 4 aromatic rings. The maximum atomic E-state index is 13.9. The molecule has 0 spiro atoms. The molecule has 1 saturated heterocycles. The molecule has 8 nitrogen and oxygen atoms in total. The number of H-pyrrole nitrogens is 1. The van der Waals surface area contributed by atoms with E-state index in [1.54, 1.807) is 43.1 Å². The average Bonchev–Trinajstić information content (AvgIpc) is 3.52. The lowest BCUT2D eigenvalue weighted by molar-refractivity contribution is -0.137. The maximum absolute atomic E-state index is 13.9. The van der Waals surface area contributed by atoms with Crippen LogP contribution in [-0.4, -0.2) is 63.4 Å². The number of thioether (sulfide) groups is 1. The van der Waals surface area contributed by atoms with Crippen molar-refractivity contribution in [1.82, 2.24) is 24.8 Å². The second-order valence-corrected chi connectivity index (χ2v) is 14.1. The molecule has 51 heavy (non-hydrogen) atoms. The monoisotopic (exact) mass is 725 g/mol. The van der Waals surface area contributed by atoms with Gasteiger partial charge in [0.25, 0.3) is 0 Å². The Labute approximate surface area is 300 Å². The van der Waals surface area contributed by atoms with E-state index < -0.39 is 17.4 Å². The first kappa shape index (κ1) is 38.3. The second kappa shape index (κ2) is 17.1. The lowest BCUT2D eigenvalue weighted by atomic mass is 9.89. The molecule has 1 aliphatic rings. The number of hydrogen-bond donors (Lipinski definition) is 4. The molecule has 2 aromatic heterocycles. The number of nitrogens with zero attached hydrogens (tertiary/aromatic N) is 3. The van der Waals surface area contributed by atoms with Crippen molar-refractivity contribution >= 4 is 28.6 Å². The highest BCUT2D eigenvalue weighted by atomic mass is 32.2. The van der Waals surface area contributed by atoms with Gasteiger partial charge in [-0.2, -0.15) is 18.2 Å². The molecule has 0 unspecified atom stereocenters. The zero-order valence-corrected chi connectivity index (χ0v) is 30.0. The quantitative estimate of drug-likeness (QED) is 0.0323. The molecule has 3 heterocycles. The lowest BCUT2D eigenvalue weighted by Gasteiger charge is -2.43. The standard InChI is InChI=1S/C38H47F4N7OS/c1-4-29(44)9-5-8-25-18-26(20-28(19-25)38(40,41)42)33-21-27-23-49(37(50)47-36(27)46-33)31-12-13-32(35(22-31)51-3)34-11-6-10-30(14-16-45-24(2)43)48(34)17-7-15-39/h4,12-13,18-23,29-30,34H,1,5-11,14-17,44H2,2-3H3,(H2,43,45)(H,46,47,50)/t29-,30-,34-/m0/s1. The van der Waals surface area contributed by atoms with E-state index >= 15 is 0 Å². The van der Waals surface area contributed by atoms with Crippen molar-refractivity contribution in [1.29, 1.82) is 5.41 Å². The first-order valence-electron chi connectivity index (χ1n) is 17.4. The van der Waals surface area contributed by atoms with Crippen molar-refractivity contribution in [2.24, 2.45) is 5.73 Å². The first-order valence-corrected chi connectivity index (χ1v) is 18.7. The molecular formula is C38H47F4N7OS. The van der Waals surface area contributed by atoms with Gasteiger partial charge in [-0.05, 0) is 118 Å².